The lowest BCUT2D eigenvalue weighted by atomic mass is 10.0. The molecule has 0 aliphatic carbocycles. The van der Waals surface area contributed by atoms with Crippen LogP contribution in [0.1, 0.15) is 5.56 Å². The topological polar surface area (TPSA) is 22.2 Å². The summed E-state index contributed by atoms with van der Waals surface area (Å²) in [7, 11) is 0. The van der Waals surface area contributed by atoms with E-state index in [1.807, 2.05) is 47.3 Å². The van der Waals surface area contributed by atoms with E-state index in [9.17, 15) is 0 Å². The summed E-state index contributed by atoms with van der Waals surface area (Å²) in [6.07, 6.45) is 2.03. The molecule has 0 aliphatic heterocycles. The van der Waals surface area contributed by atoms with Gasteiger partial charge in [-0.1, -0.05) is 65.7 Å². The average Bonchev–Trinajstić information content (AvgIpc) is 3.14. The predicted molar refractivity (Wildman–Crippen MR) is 110 cm³/mol. The maximum atomic E-state index is 7.11. The van der Waals surface area contributed by atoms with Crippen LogP contribution >= 0.6 is 11.6 Å². The van der Waals surface area contributed by atoms with Crippen molar-refractivity contribution in [3.05, 3.63) is 101 Å². The fourth-order valence-corrected chi connectivity index (χ4v) is 3.08. The van der Waals surface area contributed by atoms with E-state index < -0.39 is 0 Å². The van der Waals surface area contributed by atoms with Gasteiger partial charge >= 0.3 is 0 Å². The Balaban J connectivity index is 1.87. The standard InChI is InChI=1S/C23H16ClN3/c1-16-3-5-17(6-4-16)22-15-27(21-13-11-20(25-2)12-14-21)26-23(22)18-7-9-19(24)10-8-18/h3-15H,1H3. The van der Waals surface area contributed by atoms with Crippen LogP contribution in [0.2, 0.25) is 5.02 Å². The van der Waals surface area contributed by atoms with E-state index in [0.29, 0.717) is 10.7 Å². The second-order valence-corrected chi connectivity index (χ2v) is 6.77. The van der Waals surface area contributed by atoms with Crippen molar-refractivity contribution in [2.75, 3.05) is 0 Å². The van der Waals surface area contributed by atoms with Gasteiger partial charge in [0.15, 0.2) is 5.69 Å². The maximum Gasteiger partial charge on any atom is 0.187 e. The van der Waals surface area contributed by atoms with E-state index in [2.05, 4.69) is 36.0 Å². The molecule has 0 N–H and O–H groups in total. The summed E-state index contributed by atoms with van der Waals surface area (Å²) in [4.78, 5) is 3.45. The van der Waals surface area contributed by atoms with Crippen molar-refractivity contribution in [3.8, 4) is 28.1 Å². The third-order valence-electron chi connectivity index (χ3n) is 4.44. The molecular formula is C23H16ClN3. The molecule has 0 bridgehead atoms. The molecule has 4 rings (SSSR count). The zero-order chi connectivity index (χ0) is 18.8. The molecule has 0 saturated heterocycles. The van der Waals surface area contributed by atoms with Crippen LogP contribution in [0.3, 0.4) is 0 Å². The lowest BCUT2D eigenvalue weighted by Gasteiger charge is -2.03. The van der Waals surface area contributed by atoms with Gasteiger partial charge in [-0.3, -0.25) is 0 Å². The summed E-state index contributed by atoms with van der Waals surface area (Å²) in [5, 5.41) is 5.53. The first-order chi connectivity index (χ1) is 13.1. The molecule has 130 valence electrons. The van der Waals surface area contributed by atoms with Crippen LogP contribution in [-0.4, -0.2) is 9.78 Å². The Bertz CT molecular complexity index is 1050. The van der Waals surface area contributed by atoms with Crippen molar-refractivity contribution in [1.29, 1.82) is 0 Å². The highest BCUT2D eigenvalue weighted by Crippen LogP contribution is 2.33. The molecule has 27 heavy (non-hydrogen) atoms. The summed E-state index contributed by atoms with van der Waals surface area (Å²) >= 11 is 6.05. The molecule has 0 fully saturated rings. The van der Waals surface area contributed by atoms with E-state index >= 15 is 0 Å². The van der Waals surface area contributed by atoms with Crippen LogP contribution in [0.25, 0.3) is 32.9 Å². The number of nitrogens with zero attached hydrogens (tertiary/aromatic N) is 3. The number of benzene rings is 3. The number of rotatable bonds is 3. The Labute approximate surface area is 163 Å². The third kappa shape index (κ3) is 3.48. The van der Waals surface area contributed by atoms with E-state index in [4.69, 9.17) is 23.3 Å². The van der Waals surface area contributed by atoms with Gasteiger partial charge in [-0.15, -0.1) is 0 Å². The average molecular weight is 370 g/mol. The molecule has 1 aromatic heterocycles. The number of aromatic nitrogens is 2. The van der Waals surface area contributed by atoms with Crippen LogP contribution in [0, 0.1) is 13.5 Å². The molecule has 0 radical (unpaired) electrons. The highest BCUT2D eigenvalue weighted by molar-refractivity contribution is 6.30. The fraction of sp³-hybridized carbons (Fsp3) is 0.0435. The zero-order valence-corrected chi connectivity index (χ0v) is 15.5. The highest BCUT2D eigenvalue weighted by atomic mass is 35.5. The summed E-state index contributed by atoms with van der Waals surface area (Å²) < 4.78 is 1.85. The first kappa shape index (κ1) is 17.1. The Kier molecular flexibility index (Phi) is 4.50. The van der Waals surface area contributed by atoms with Gasteiger partial charge in [0.2, 0.25) is 0 Å². The van der Waals surface area contributed by atoms with Gasteiger partial charge in [-0.05, 0) is 36.8 Å². The number of halogens is 1. The Morgan fingerprint density at radius 1 is 0.852 bits per heavy atom. The Morgan fingerprint density at radius 2 is 1.48 bits per heavy atom. The molecule has 1 heterocycles. The SMILES string of the molecule is [C-]#[N+]c1ccc(-n2cc(-c3ccc(C)cc3)c(-c3ccc(Cl)cc3)n2)cc1. The minimum Gasteiger partial charge on any atom is -0.240 e. The number of aryl methyl sites for hydroxylation is 1. The van der Waals surface area contributed by atoms with Crippen LogP contribution in [0.15, 0.2) is 79.0 Å². The zero-order valence-electron chi connectivity index (χ0n) is 14.7. The van der Waals surface area contributed by atoms with Crippen molar-refractivity contribution in [1.82, 2.24) is 9.78 Å². The van der Waals surface area contributed by atoms with Crippen LogP contribution in [0.4, 0.5) is 5.69 Å². The monoisotopic (exact) mass is 369 g/mol. The lowest BCUT2D eigenvalue weighted by molar-refractivity contribution is 0.885. The van der Waals surface area contributed by atoms with Gasteiger partial charge in [0.25, 0.3) is 0 Å². The first-order valence-corrected chi connectivity index (χ1v) is 8.92. The molecule has 0 unspecified atom stereocenters. The summed E-state index contributed by atoms with van der Waals surface area (Å²) in [6, 6.07) is 23.6. The maximum absolute atomic E-state index is 7.11. The fourth-order valence-electron chi connectivity index (χ4n) is 2.95. The molecule has 0 aliphatic rings. The van der Waals surface area contributed by atoms with Gasteiger partial charge in [-0.25, -0.2) is 9.53 Å². The Morgan fingerprint density at radius 3 is 2.11 bits per heavy atom. The Hall–Kier alpha value is -3.35. The van der Waals surface area contributed by atoms with Gasteiger partial charge < -0.3 is 0 Å². The second kappa shape index (κ2) is 7.11. The van der Waals surface area contributed by atoms with E-state index in [-0.39, 0.29) is 0 Å². The molecule has 0 amide bonds. The minimum atomic E-state index is 0.614. The minimum absolute atomic E-state index is 0.614. The molecule has 0 atom stereocenters. The molecular weight excluding hydrogens is 354 g/mol. The third-order valence-corrected chi connectivity index (χ3v) is 4.69. The normalized spacial score (nSPS) is 10.6. The van der Waals surface area contributed by atoms with Crippen LogP contribution in [0.5, 0.6) is 0 Å². The second-order valence-electron chi connectivity index (χ2n) is 6.34. The van der Waals surface area contributed by atoms with Gasteiger partial charge in [0.1, 0.15) is 5.69 Å². The van der Waals surface area contributed by atoms with Crippen LogP contribution in [-0.2, 0) is 0 Å². The van der Waals surface area contributed by atoms with Crippen molar-refractivity contribution in [2.45, 2.75) is 6.92 Å². The first-order valence-electron chi connectivity index (χ1n) is 8.54. The summed E-state index contributed by atoms with van der Waals surface area (Å²) in [6.45, 7) is 9.18. The quantitative estimate of drug-likeness (QED) is 0.367. The largest absolute Gasteiger partial charge is 0.240 e. The van der Waals surface area contributed by atoms with E-state index in [0.717, 1.165) is 28.1 Å². The number of hydrogen-bond acceptors (Lipinski definition) is 1. The molecule has 3 aromatic carbocycles. The predicted octanol–water partition coefficient (Wildman–Crippen LogP) is 6.72. The molecule has 4 aromatic rings. The lowest BCUT2D eigenvalue weighted by Crippen LogP contribution is -1.94. The summed E-state index contributed by atoms with van der Waals surface area (Å²) in [5.41, 5.74) is 6.80. The molecule has 0 saturated carbocycles. The van der Waals surface area contributed by atoms with Crippen molar-refractivity contribution in [3.63, 3.8) is 0 Å². The molecule has 0 spiro atoms. The van der Waals surface area contributed by atoms with Crippen molar-refractivity contribution in [2.24, 2.45) is 0 Å². The van der Waals surface area contributed by atoms with E-state index in [1.165, 1.54) is 5.56 Å². The smallest absolute Gasteiger partial charge is 0.187 e. The molecule has 3 nitrogen and oxygen atoms in total. The highest BCUT2D eigenvalue weighted by Gasteiger charge is 2.14. The summed E-state index contributed by atoms with van der Waals surface area (Å²) in [5.74, 6) is 0. The van der Waals surface area contributed by atoms with E-state index in [1.54, 1.807) is 12.1 Å². The molecule has 4 heteroatoms. The van der Waals surface area contributed by atoms with Crippen molar-refractivity contribution >= 4 is 17.3 Å². The van der Waals surface area contributed by atoms with Crippen molar-refractivity contribution < 1.29 is 0 Å². The van der Waals surface area contributed by atoms with Crippen LogP contribution < -0.4 is 0 Å². The number of hydrogen-bond donors (Lipinski definition) is 0. The van der Waals surface area contributed by atoms with Gasteiger partial charge in [0, 0.05) is 22.3 Å². The van der Waals surface area contributed by atoms with Gasteiger partial charge in [0.05, 0.1) is 12.3 Å². The van der Waals surface area contributed by atoms with Gasteiger partial charge in [-0.2, -0.15) is 5.10 Å².